The maximum Gasteiger partial charge on any atom is 0.418 e. The number of anilines is 2. The average Bonchev–Trinajstić information content (AvgIpc) is 2.82. The quantitative estimate of drug-likeness (QED) is 0.570. The van der Waals surface area contributed by atoms with Crippen molar-refractivity contribution in [1.82, 2.24) is 20.2 Å². The summed E-state index contributed by atoms with van der Waals surface area (Å²) >= 11 is 0. The van der Waals surface area contributed by atoms with Crippen LogP contribution in [-0.4, -0.2) is 26.1 Å². The number of aryl methyl sites for hydroxylation is 1. The van der Waals surface area contributed by atoms with Gasteiger partial charge in [-0.2, -0.15) is 18.0 Å². The van der Waals surface area contributed by atoms with Crippen molar-refractivity contribution in [3.05, 3.63) is 29.3 Å². The summed E-state index contributed by atoms with van der Waals surface area (Å²) in [7, 11) is 1.48. The molecule has 0 atom stereocenters. The number of alkyl halides is 3. The molecule has 112 valence electrons. The zero-order chi connectivity index (χ0) is 15.6. The number of aromatic nitrogens is 4. The first kappa shape index (κ1) is 14.7. The predicted octanol–water partition coefficient (Wildman–Crippen LogP) is 0.767. The van der Waals surface area contributed by atoms with Gasteiger partial charge in [0.05, 0.1) is 18.3 Å². The standard InChI is InChI=1S/C10H10F3N7O/c1-20-18-9(17-19-20)15-8(21)5-2-3-7(16-14)6(4-5)10(11,12)13/h2-4,16H,14H2,1H3,(H,15,18,21). The number of hydrogen-bond donors (Lipinski definition) is 3. The second kappa shape index (κ2) is 5.36. The monoisotopic (exact) mass is 301 g/mol. The lowest BCUT2D eigenvalue weighted by Gasteiger charge is -2.13. The summed E-state index contributed by atoms with van der Waals surface area (Å²) in [4.78, 5) is 13.0. The first-order chi connectivity index (χ1) is 9.81. The van der Waals surface area contributed by atoms with Gasteiger partial charge in [0.1, 0.15) is 0 Å². The van der Waals surface area contributed by atoms with Crippen LogP contribution in [0.1, 0.15) is 15.9 Å². The van der Waals surface area contributed by atoms with Crippen molar-refractivity contribution in [3.8, 4) is 0 Å². The van der Waals surface area contributed by atoms with Crippen molar-refractivity contribution in [2.45, 2.75) is 6.18 Å². The summed E-state index contributed by atoms with van der Waals surface area (Å²) in [5.41, 5.74) is 0.330. The first-order valence-electron chi connectivity index (χ1n) is 5.54. The van der Waals surface area contributed by atoms with Crippen molar-refractivity contribution in [1.29, 1.82) is 0 Å². The molecule has 1 heterocycles. The molecule has 0 bridgehead atoms. The lowest BCUT2D eigenvalue weighted by atomic mass is 10.1. The molecule has 0 radical (unpaired) electrons. The van der Waals surface area contributed by atoms with E-state index < -0.39 is 17.6 Å². The third kappa shape index (κ3) is 3.25. The van der Waals surface area contributed by atoms with Crippen LogP contribution in [0.5, 0.6) is 0 Å². The predicted molar refractivity (Wildman–Crippen MR) is 66.0 cm³/mol. The third-order valence-corrected chi connectivity index (χ3v) is 2.48. The van der Waals surface area contributed by atoms with Crippen LogP contribution in [0.25, 0.3) is 0 Å². The number of nitrogen functional groups attached to an aromatic ring is 1. The van der Waals surface area contributed by atoms with E-state index in [0.717, 1.165) is 10.9 Å². The summed E-state index contributed by atoms with van der Waals surface area (Å²) in [6, 6.07) is 2.93. The van der Waals surface area contributed by atoms with E-state index in [1.165, 1.54) is 13.1 Å². The highest BCUT2D eigenvalue weighted by atomic mass is 19.4. The highest BCUT2D eigenvalue weighted by Gasteiger charge is 2.34. The number of nitrogens with two attached hydrogens (primary N) is 1. The zero-order valence-electron chi connectivity index (χ0n) is 10.6. The molecule has 0 spiro atoms. The largest absolute Gasteiger partial charge is 0.418 e. The fraction of sp³-hybridized carbons (Fsp3) is 0.200. The number of rotatable bonds is 3. The van der Waals surface area contributed by atoms with Gasteiger partial charge in [0.25, 0.3) is 11.9 Å². The molecular formula is C10H10F3N7O. The smallest absolute Gasteiger partial charge is 0.324 e. The number of carbonyl (C=O) groups is 1. The Kier molecular flexibility index (Phi) is 3.76. The number of benzene rings is 1. The molecular weight excluding hydrogens is 291 g/mol. The molecule has 0 aliphatic heterocycles. The molecule has 1 aromatic carbocycles. The first-order valence-corrected chi connectivity index (χ1v) is 5.54. The Hall–Kier alpha value is -2.69. The molecule has 11 heteroatoms. The van der Waals surface area contributed by atoms with E-state index in [2.05, 4.69) is 20.7 Å². The normalized spacial score (nSPS) is 11.3. The molecule has 4 N–H and O–H groups in total. The van der Waals surface area contributed by atoms with Gasteiger partial charge in [-0.15, -0.1) is 5.10 Å². The molecule has 1 aromatic heterocycles. The molecule has 0 aliphatic rings. The van der Waals surface area contributed by atoms with Gasteiger partial charge in [-0.05, 0) is 23.4 Å². The minimum atomic E-state index is -4.65. The number of halogens is 3. The Labute approximate surface area is 116 Å². The molecule has 0 fully saturated rings. The molecule has 0 saturated carbocycles. The van der Waals surface area contributed by atoms with Gasteiger partial charge in [0.2, 0.25) is 0 Å². The van der Waals surface area contributed by atoms with Crippen LogP contribution in [0.2, 0.25) is 0 Å². The van der Waals surface area contributed by atoms with E-state index in [9.17, 15) is 18.0 Å². The third-order valence-electron chi connectivity index (χ3n) is 2.48. The average molecular weight is 301 g/mol. The Morgan fingerprint density at radius 3 is 2.62 bits per heavy atom. The van der Waals surface area contributed by atoms with E-state index in [1.54, 1.807) is 0 Å². The number of hydrogen-bond acceptors (Lipinski definition) is 6. The fourth-order valence-corrected chi connectivity index (χ4v) is 1.55. The Morgan fingerprint density at radius 2 is 2.10 bits per heavy atom. The zero-order valence-corrected chi connectivity index (χ0v) is 10.6. The van der Waals surface area contributed by atoms with Crippen molar-refractivity contribution in [2.75, 3.05) is 10.7 Å². The van der Waals surface area contributed by atoms with Gasteiger partial charge in [0.15, 0.2) is 0 Å². The van der Waals surface area contributed by atoms with Gasteiger partial charge >= 0.3 is 6.18 Å². The summed E-state index contributed by atoms with van der Waals surface area (Å²) in [5, 5.41) is 12.9. The van der Waals surface area contributed by atoms with Crippen molar-refractivity contribution >= 4 is 17.5 Å². The summed E-state index contributed by atoms with van der Waals surface area (Å²) in [5.74, 6) is 4.11. The molecule has 8 nitrogen and oxygen atoms in total. The van der Waals surface area contributed by atoms with Crippen LogP contribution in [0, 0.1) is 0 Å². The Balaban J connectivity index is 2.29. The SMILES string of the molecule is Cn1nnc(NC(=O)c2ccc(NN)c(C(F)(F)F)c2)n1. The molecule has 21 heavy (non-hydrogen) atoms. The van der Waals surface area contributed by atoms with Crippen LogP contribution in [0.4, 0.5) is 24.8 Å². The summed E-state index contributed by atoms with van der Waals surface area (Å²) < 4.78 is 38.5. The van der Waals surface area contributed by atoms with E-state index >= 15 is 0 Å². The van der Waals surface area contributed by atoms with Gasteiger partial charge in [-0.3, -0.25) is 16.0 Å². The Bertz CT molecular complexity index is 667. The molecule has 0 aliphatic carbocycles. The summed E-state index contributed by atoms with van der Waals surface area (Å²) in [6.07, 6.45) is -4.65. The number of nitrogens with zero attached hydrogens (tertiary/aromatic N) is 4. The van der Waals surface area contributed by atoms with Crippen molar-refractivity contribution in [2.24, 2.45) is 12.9 Å². The highest BCUT2D eigenvalue weighted by molar-refractivity contribution is 6.03. The van der Waals surface area contributed by atoms with Gasteiger partial charge < -0.3 is 5.43 Å². The minimum Gasteiger partial charge on any atom is -0.324 e. The lowest BCUT2D eigenvalue weighted by Crippen LogP contribution is -2.18. The lowest BCUT2D eigenvalue weighted by molar-refractivity contribution is -0.137. The van der Waals surface area contributed by atoms with Gasteiger partial charge in [0, 0.05) is 5.56 Å². The van der Waals surface area contributed by atoms with Crippen LogP contribution in [-0.2, 0) is 13.2 Å². The van der Waals surface area contributed by atoms with Crippen molar-refractivity contribution < 1.29 is 18.0 Å². The molecule has 2 aromatic rings. The number of hydrazine groups is 1. The molecule has 0 unspecified atom stereocenters. The van der Waals surface area contributed by atoms with E-state index in [4.69, 9.17) is 5.84 Å². The van der Waals surface area contributed by atoms with Crippen molar-refractivity contribution in [3.63, 3.8) is 0 Å². The van der Waals surface area contributed by atoms with Gasteiger partial charge in [-0.1, -0.05) is 5.10 Å². The molecule has 2 rings (SSSR count). The Morgan fingerprint density at radius 1 is 1.38 bits per heavy atom. The van der Waals surface area contributed by atoms with Crippen LogP contribution in [0.15, 0.2) is 18.2 Å². The molecule has 0 saturated heterocycles. The maximum absolute atomic E-state index is 12.8. The van der Waals surface area contributed by atoms with Crippen LogP contribution < -0.4 is 16.6 Å². The number of carbonyl (C=O) groups excluding carboxylic acids is 1. The number of amides is 1. The van der Waals surface area contributed by atoms with Gasteiger partial charge in [-0.25, -0.2) is 0 Å². The highest BCUT2D eigenvalue weighted by Crippen LogP contribution is 2.35. The van der Waals surface area contributed by atoms with E-state index in [-0.39, 0.29) is 17.2 Å². The van der Waals surface area contributed by atoms with E-state index in [0.29, 0.717) is 6.07 Å². The number of tetrazole rings is 1. The molecule has 1 amide bonds. The minimum absolute atomic E-state index is 0.114. The topological polar surface area (TPSA) is 111 Å². The van der Waals surface area contributed by atoms with E-state index in [1.807, 2.05) is 5.43 Å². The second-order valence-corrected chi connectivity index (χ2v) is 3.96. The number of nitrogens with one attached hydrogen (secondary N) is 2. The summed E-state index contributed by atoms with van der Waals surface area (Å²) in [6.45, 7) is 0. The maximum atomic E-state index is 12.8. The second-order valence-electron chi connectivity index (χ2n) is 3.96. The fourth-order valence-electron chi connectivity index (χ4n) is 1.55. The van der Waals surface area contributed by atoms with Crippen LogP contribution in [0.3, 0.4) is 0 Å². The van der Waals surface area contributed by atoms with Crippen LogP contribution >= 0.6 is 0 Å².